The van der Waals surface area contributed by atoms with Gasteiger partial charge in [-0.25, -0.2) is 8.60 Å². The zero-order valence-electron chi connectivity index (χ0n) is 24.5. The van der Waals surface area contributed by atoms with Gasteiger partial charge in [-0.2, -0.15) is 13.2 Å². The minimum absolute atomic E-state index is 0.0721. The third-order valence-corrected chi connectivity index (χ3v) is 8.74. The lowest BCUT2D eigenvalue weighted by molar-refractivity contribution is -0.137. The first-order chi connectivity index (χ1) is 21.5. The Morgan fingerprint density at radius 2 is 1.71 bits per heavy atom. The number of alkyl halides is 4. The average Bonchev–Trinajstić information content (AvgIpc) is 3.45. The minimum Gasteiger partial charge on any atom is -0.489 e. The molecule has 1 aliphatic rings. The Bertz CT molecular complexity index is 1450. The van der Waals surface area contributed by atoms with Gasteiger partial charge in [0.05, 0.1) is 44.0 Å². The Morgan fingerprint density at radius 3 is 2.29 bits per heavy atom. The van der Waals surface area contributed by atoms with Gasteiger partial charge in [-0.3, -0.25) is 9.59 Å². The number of aliphatic hydroxyl groups is 1. The maximum absolute atomic E-state index is 13.0. The molecule has 3 aromatic carbocycles. The van der Waals surface area contributed by atoms with Crippen LogP contribution in [-0.4, -0.2) is 65.5 Å². The molecule has 0 saturated carbocycles. The van der Waals surface area contributed by atoms with E-state index in [1.54, 1.807) is 43.3 Å². The third kappa shape index (κ3) is 8.89. The molecule has 1 amide bonds. The van der Waals surface area contributed by atoms with E-state index in [-0.39, 0.29) is 31.8 Å². The highest BCUT2D eigenvalue weighted by atomic mass is 32.2. The van der Waals surface area contributed by atoms with Gasteiger partial charge >= 0.3 is 6.18 Å². The normalized spacial score (nSPS) is 18.0. The number of rotatable bonds is 13. The molecule has 4 rings (SSSR count). The van der Waals surface area contributed by atoms with Crippen molar-refractivity contribution >= 4 is 27.5 Å². The van der Waals surface area contributed by atoms with Gasteiger partial charge in [0, 0.05) is 29.0 Å². The predicted molar refractivity (Wildman–Crippen MR) is 160 cm³/mol. The number of carbonyl (C=O) groups is 2. The van der Waals surface area contributed by atoms with Gasteiger partial charge in [0.2, 0.25) is 5.12 Å². The number of aliphatic hydroxyl groups excluding tert-OH is 1. The summed E-state index contributed by atoms with van der Waals surface area (Å²) in [5, 5.41) is 12.3. The summed E-state index contributed by atoms with van der Waals surface area (Å²) in [6.45, 7) is 1.11. The summed E-state index contributed by atoms with van der Waals surface area (Å²) in [6, 6.07) is 16.5. The van der Waals surface area contributed by atoms with Crippen LogP contribution in [0.1, 0.15) is 47.3 Å². The topological polar surface area (TPSA) is 105 Å². The first-order valence-corrected chi connectivity index (χ1v) is 15.5. The van der Waals surface area contributed by atoms with E-state index in [2.05, 4.69) is 5.32 Å². The maximum Gasteiger partial charge on any atom is 0.416 e. The van der Waals surface area contributed by atoms with E-state index in [9.17, 15) is 36.5 Å². The second-order valence-corrected chi connectivity index (χ2v) is 11.9. The van der Waals surface area contributed by atoms with Crippen LogP contribution in [0.3, 0.4) is 0 Å². The van der Waals surface area contributed by atoms with E-state index in [1.165, 1.54) is 24.3 Å². The third-order valence-electron chi connectivity index (χ3n) is 7.33. The fourth-order valence-electron chi connectivity index (χ4n) is 4.99. The fraction of sp³-hybridized carbons (Fsp3) is 0.375. The average molecular weight is 651 g/mol. The van der Waals surface area contributed by atoms with Gasteiger partial charge in [-0.05, 0) is 66.2 Å². The minimum atomic E-state index is -4.45. The zero-order valence-corrected chi connectivity index (χ0v) is 25.3. The molecule has 1 fully saturated rings. The van der Waals surface area contributed by atoms with Crippen LogP contribution >= 0.6 is 0 Å². The Hall–Kier alpha value is -3.81. The van der Waals surface area contributed by atoms with Crippen LogP contribution in [0, 0.1) is 0 Å². The second-order valence-electron chi connectivity index (χ2n) is 10.4. The number of hydrogen-bond donors (Lipinski definition) is 2. The van der Waals surface area contributed by atoms with Crippen LogP contribution in [0.25, 0.3) is 0 Å². The number of anilines is 1. The van der Waals surface area contributed by atoms with Gasteiger partial charge in [-0.15, -0.1) is 0 Å². The molecule has 13 heteroatoms. The van der Waals surface area contributed by atoms with Gasteiger partial charge in [0.1, 0.15) is 29.3 Å². The van der Waals surface area contributed by atoms with E-state index in [1.807, 2.05) is 4.90 Å². The van der Waals surface area contributed by atoms with Crippen molar-refractivity contribution in [3.63, 3.8) is 0 Å². The van der Waals surface area contributed by atoms with E-state index in [0.29, 0.717) is 34.7 Å². The quantitative estimate of drug-likeness (QED) is 0.193. The molecular formula is C32H34F4N2O6S. The van der Waals surface area contributed by atoms with Crippen LogP contribution in [0.5, 0.6) is 5.75 Å². The van der Waals surface area contributed by atoms with Crippen LogP contribution in [0.4, 0.5) is 23.2 Å². The Labute approximate surface area is 260 Å². The van der Waals surface area contributed by atoms with Crippen molar-refractivity contribution in [2.45, 2.75) is 49.0 Å². The molecular weight excluding hydrogens is 616 g/mol. The second kappa shape index (κ2) is 15.5. The number of carbonyl (C=O) groups excluding carboxylic acids is 2. The molecule has 2 N–H and O–H groups in total. The first-order valence-electron chi connectivity index (χ1n) is 14.3. The van der Waals surface area contributed by atoms with E-state index < -0.39 is 52.9 Å². The summed E-state index contributed by atoms with van der Waals surface area (Å²) < 4.78 is 75.1. The van der Waals surface area contributed by atoms with Crippen LogP contribution < -0.4 is 15.0 Å². The SMILES string of the molecule is CCC(=O)S(=O)c1ccc([C@H](CO)NC(=O)c2ccc(N3C[C@H](Oc4ccc(C(F)(F)F)cc4)C[C@H]3COCCF)cc2)cc1. The smallest absolute Gasteiger partial charge is 0.416 e. The summed E-state index contributed by atoms with van der Waals surface area (Å²) in [4.78, 5) is 27.1. The van der Waals surface area contributed by atoms with E-state index in [4.69, 9.17) is 9.47 Å². The van der Waals surface area contributed by atoms with E-state index >= 15 is 0 Å². The number of halogens is 4. The number of amides is 1. The number of benzene rings is 3. The lowest BCUT2D eigenvalue weighted by Gasteiger charge is -2.26. The van der Waals surface area contributed by atoms with Gasteiger partial charge in [-0.1, -0.05) is 19.1 Å². The predicted octanol–water partition coefficient (Wildman–Crippen LogP) is 5.23. The number of nitrogens with zero attached hydrogens (tertiary/aromatic N) is 1. The van der Waals surface area contributed by atoms with Gasteiger partial charge in [0.25, 0.3) is 5.91 Å². The molecule has 0 aromatic heterocycles. The molecule has 1 heterocycles. The molecule has 0 aliphatic carbocycles. The number of hydrogen-bond acceptors (Lipinski definition) is 7. The largest absolute Gasteiger partial charge is 0.489 e. The summed E-state index contributed by atoms with van der Waals surface area (Å²) in [5.41, 5.74) is 0.860. The van der Waals surface area contributed by atoms with E-state index in [0.717, 1.165) is 17.8 Å². The zero-order chi connectivity index (χ0) is 32.6. The molecule has 0 radical (unpaired) electrons. The molecule has 45 heavy (non-hydrogen) atoms. The van der Waals surface area contributed by atoms with Crippen LogP contribution in [0.2, 0.25) is 0 Å². The molecule has 1 saturated heterocycles. The molecule has 4 atom stereocenters. The molecule has 3 aromatic rings. The van der Waals surface area contributed by atoms with Crippen molar-refractivity contribution in [2.75, 3.05) is 37.9 Å². The van der Waals surface area contributed by atoms with Crippen molar-refractivity contribution < 1.29 is 45.9 Å². The summed E-state index contributed by atoms with van der Waals surface area (Å²) in [6.07, 6.45) is -4.20. The first kappa shape index (κ1) is 34.1. The van der Waals surface area contributed by atoms with Gasteiger partial charge < -0.3 is 24.8 Å². The molecule has 0 bridgehead atoms. The van der Waals surface area contributed by atoms with Crippen LogP contribution in [0.15, 0.2) is 77.7 Å². The van der Waals surface area contributed by atoms with Crippen LogP contribution in [-0.2, 0) is 26.5 Å². The van der Waals surface area contributed by atoms with Crippen molar-refractivity contribution in [1.29, 1.82) is 0 Å². The lowest BCUT2D eigenvalue weighted by atomic mass is 10.1. The maximum atomic E-state index is 13.0. The summed E-state index contributed by atoms with van der Waals surface area (Å²) in [7, 11) is -1.78. The summed E-state index contributed by atoms with van der Waals surface area (Å²) >= 11 is 0. The Morgan fingerprint density at radius 1 is 1.04 bits per heavy atom. The number of nitrogens with one attached hydrogen (secondary N) is 1. The van der Waals surface area contributed by atoms with Gasteiger partial charge in [0.15, 0.2) is 0 Å². The highest BCUT2D eigenvalue weighted by Crippen LogP contribution is 2.32. The van der Waals surface area contributed by atoms with Crippen molar-refractivity contribution in [3.05, 3.63) is 89.5 Å². The standard InChI is InChI=1S/C32H34F4N2O6S/c1-2-30(40)45(42)28-13-5-21(6-14-28)29(19-39)37-31(41)22-3-9-24(10-4-22)38-18-27(17-25(38)20-43-16-15-33)44-26-11-7-23(8-12-26)32(34,35)36/h3-14,25,27,29,39H,2,15-20H2,1H3,(H,37,41)/t25-,27+,29-,45?/m0/s1. The molecule has 8 nitrogen and oxygen atoms in total. The highest BCUT2D eigenvalue weighted by Gasteiger charge is 2.35. The summed E-state index contributed by atoms with van der Waals surface area (Å²) in [5.74, 6) is -0.150. The molecule has 1 aliphatic heterocycles. The van der Waals surface area contributed by atoms with Crippen molar-refractivity contribution in [2.24, 2.45) is 0 Å². The Kier molecular flexibility index (Phi) is 11.7. The van der Waals surface area contributed by atoms with Crippen molar-refractivity contribution in [1.82, 2.24) is 5.32 Å². The number of ether oxygens (including phenoxy) is 2. The fourth-order valence-corrected chi connectivity index (χ4v) is 5.90. The van der Waals surface area contributed by atoms with Crippen molar-refractivity contribution in [3.8, 4) is 5.75 Å². The Balaban J connectivity index is 1.42. The molecule has 1 unspecified atom stereocenters. The molecule has 242 valence electrons. The monoisotopic (exact) mass is 650 g/mol. The molecule has 0 spiro atoms. The highest BCUT2D eigenvalue weighted by molar-refractivity contribution is 8.00. The lowest BCUT2D eigenvalue weighted by Crippen LogP contribution is -2.34.